The maximum absolute atomic E-state index is 13.0. The van der Waals surface area contributed by atoms with Crippen LogP contribution in [0.1, 0.15) is 11.1 Å². The van der Waals surface area contributed by atoms with Gasteiger partial charge in [0.15, 0.2) is 0 Å². The number of benzene rings is 1. The van der Waals surface area contributed by atoms with E-state index in [1.807, 2.05) is 0 Å². The van der Waals surface area contributed by atoms with Crippen molar-refractivity contribution in [2.24, 2.45) is 0 Å². The molecule has 0 unspecified atom stereocenters. The molecule has 1 aromatic carbocycles. The number of alkyl halides is 6. The minimum Gasteiger partial charge on any atom is -0.376 e. The summed E-state index contributed by atoms with van der Waals surface area (Å²) in [5.41, 5.74) is -2.01. The number of aromatic nitrogens is 1. The van der Waals surface area contributed by atoms with Crippen LogP contribution in [0.5, 0.6) is 0 Å². The van der Waals surface area contributed by atoms with Gasteiger partial charge in [-0.15, -0.1) is 0 Å². The topological polar surface area (TPSA) is 44.9 Å². The molecule has 0 aliphatic carbocycles. The number of anilines is 1. The summed E-state index contributed by atoms with van der Waals surface area (Å²) in [6, 6.07) is 2.53. The molecule has 0 saturated carbocycles. The van der Waals surface area contributed by atoms with E-state index in [-0.39, 0.29) is 22.2 Å². The van der Waals surface area contributed by atoms with E-state index in [2.05, 4.69) is 10.3 Å². The van der Waals surface area contributed by atoms with Gasteiger partial charge >= 0.3 is 12.4 Å². The van der Waals surface area contributed by atoms with Gasteiger partial charge in [-0.05, 0) is 24.6 Å². The van der Waals surface area contributed by atoms with Gasteiger partial charge in [-0.25, -0.2) is 0 Å². The summed E-state index contributed by atoms with van der Waals surface area (Å²) < 4.78 is 75.5. The molecule has 0 radical (unpaired) electrons. The van der Waals surface area contributed by atoms with Crippen molar-refractivity contribution in [1.29, 1.82) is 0 Å². The van der Waals surface area contributed by atoms with Crippen LogP contribution in [0.15, 0.2) is 23.0 Å². The van der Waals surface area contributed by atoms with E-state index in [1.54, 1.807) is 0 Å². The zero-order valence-electron chi connectivity index (χ0n) is 11.1. The average molecular weight is 324 g/mol. The van der Waals surface area contributed by atoms with Gasteiger partial charge in [0, 0.05) is 22.7 Å². The monoisotopic (exact) mass is 324 g/mol. The summed E-state index contributed by atoms with van der Waals surface area (Å²) in [6.45, 7) is 0.0563. The van der Waals surface area contributed by atoms with Crippen molar-refractivity contribution in [1.82, 2.24) is 4.98 Å². The van der Waals surface area contributed by atoms with Crippen molar-refractivity contribution in [2.75, 3.05) is 11.9 Å². The number of nitrogens with one attached hydrogen (secondary N) is 2. The minimum absolute atomic E-state index is 0.0811. The molecule has 0 aliphatic heterocycles. The highest BCUT2D eigenvalue weighted by atomic mass is 19.4. The van der Waals surface area contributed by atoms with E-state index in [0.717, 1.165) is 6.07 Å². The van der Waals surface area contributed by atoms with Crippen molar-refractivity contribution in [3.05, 3.63) is 39.7 Å². The lowest BCUT2D eigenvalue weighted by atomic mass is 10.0. The van der Waals surface area contributed by atoms with E-state index in [9.17, 15) is 31.1 Å². The predicted molar refractivity (Wildman–Crippen MR) is 68.9 cm³/mol. The molecule has 2 rings (SSSR count). The quantitative estimate of drug-likeness (QED) is 0.825. The molecule has 0 bridgehead atoms. The number of rotatable bonds is 2. The average Bonchev–Trinajstić information content (AvgIpc) is 2.33. The number of aryl methyl sites for hydroxylation is 1. The second kappa shape index (κ2) is 5.22. The molecular weight excluding hydrogens is 314 g/mol. The smallest absolute Gasteiger partial charge is 0.376 e. The van der Waals surface area contributed by atoms with Gasteiger partial charge in [0.25, 0.3) is 0 Å². The van der Waals surface area contributed by atoms with E-state index in [1.165, 1.54) is 13.0 Å². The van der Waals surface area contributed by atoms with Crippen LogP contribution in [0.4, 0.5) is 32.0 Å². The number of halogens is 6. The van der Waals surface area contributed by atoms with Crippen LogP contribution >= 0.6 is 0 Å². The van der Waals surface area contributed by atoms with Gasteiger partial charge in [-0.2, -0.15) is 26.3 Å². The Balaban J connectivity index is 2.60. The van der Waals surface area contributed by atoms with Crippen LogP contribution in [-0.4, -0.2) is 17.7 Å². The molecule has 3 nitrogen and oxygen atoms in total. The molecule has 120 valence electrons. The highest BCUT2D eigenvalue weighted by Gasteiger charge is 2.33. The summed E-state index contributed by atoms with van der Waals surface area (Å²) in [5, 5.41) is 1.68. The third kappa shape index (κ3) is 3.52. The molecule has 1 heterocycles. The Hall–Kier alpha value is -2.19. The second-order valence-electron chi connectivity index (χ2n) is 4.73. The zero-order valence-corrected chi connectivity index (χ0v) is 11.1. The maximum atomic E-state index is 13.0. The maximum Gasteiger partial charge on any atom is 0.417 e. The molecule has 0 aliphatic rings. The van der Waals surface area contributed by atoms with E-state index >= 15 is 0 Å². The molecule has 0 fully saturated rings. The molecule has 22 heavy (non-hydrogen) atoms. The second-order valence-corrected chi connectivity index (χ2v) is 4.73. The molecule has 2 aromatic rings. The lowest BCUT2D eigenvalue weighted by Gasteiger charge is -2.15. The molecule has 0 atom stereocenters. The van der Waals surface area contributed by atoms with Crippen molar-refractivity contribution in [2.45, 2.75) is 19.3 Å². The molecule has 0 amide bonds. The first-order chi connectivity index (χ1) is 9.97. The fraction of sp³-hybridized carbons (Fsp3) is 0.308. The minimum atomic E-state index is -4.79. The third-order valence-electron chi connectivity index (χ3n) is 2.97. The van der Waals surface area contributed by atoms with Crippen molar-refractivity contribution in [3.8, 4) is 0 Å². The lowest BCUT2D eigenvalue weighted by Crippen LogP contribution is -2.22. The van der Waals surface area contributed by atoms with Crippen LogP contribution in [0, 0.1) is 6.92 Å². The standard InChI is InChI=1S/C13H10F6N2O/c1-6-2-10-7(3-9(6)20-5-12(14,15)16)8(13(17,18)19)4-11(22)21-10/h2-4,20H,5H2,1H3,(H,21,22). The van der Waals surface area contributed by atoms with Crippen molar-refractivity contribution in [3.63, 3.8) is 0 Å². The Morgan fingerprint density at radius 3 is 2.27 bits per heavy atom. The van der Waals surface area contributed by atoms with Crippen LogP contribution < -0.4 is 10.9 Å². The lowest BCUT2D eigenvalue weighted by molar-refractivity contribution is -0.136. The molecule has 0 spiro atoms. The van der Waals surface area contributed by atoms with Gasteiger partial charge in [0.1, 0.15) is 6.54 Å². The molecule has 9 heteroatoms. The van der Waals surface area contributed by atoms with Gasteiger partial charge in [-0.3, -0.25) is 4.79 Å². The number of pyridine rings is 1. The Morgan fingerprint density at radius 2 is 1.73 bits per heavy atom. The molecule has 0 saturated heterocycles. The Labute approximate surface area is 119 Å². The SMILES string of the molecule is Cc1cc2[nH]c(=O)cc(C(F)(F)F)c2cc1NCC(F)(F)F. The summed E-state index contributed by atoms with van der Waals surface area (Å²) >= 11 is 0. The fourth-order valence-corrected chi connectivity index (χ4v) is 2.03. The van der Waals surface area contributed by atoms with E-state index in [4.69, 9.17) is 0 Å². The highest BCUT2D eigenvalue weighted by molar-refractivity contribution is 5.87. The highest BCUT2D eigenvalue weighted by Crippen LogP contribution is 2.35. The van der Waals surface area contributed by atoms with E-state index in [0.29, 0.717) is 6.07 Å². The van der Waals surface area contributed by atoms with Crippen LogP contribution in [0.25, 0.3) is 10.9 Å². The predicted octanol–water partition coefficient (Wildman–Crippen LogP) is 3.83. The normalized spacial score (nSPS) is 12.7. The summed E-state index contributed by atoms with van der Waals surface area (Å²) in [5.74, 6) is 0. The Bertz CT molecular complexity index is 760. The molecular formula is C13H10F6N2O. The largest absolute Gasteiger partial charge is 0.417 e. The van der Waals surface area contributed by atoms with Crippen LogP contribution in [-0.2, 0) is 6.18 Å². The number of aromatic amines is 1. The first-order valence-corrected chi connectivity index (χ1v) is 6.03. The number of hydrogen-bond acceptors (Lipinski definition) is 2. The molecule has 1 aromatic heterocycles. The number of hydrogen-bond donors (Lipinski definition) is 2. The number of fused-ring (bicyclic) bond motifs is 1. The first-order valence-electron chi connectivity index (χ1n) is 6.03. The van der Waals surface area contributed by atoms with Crippen LogP contribution in [0.2, 0.25) is 0 Å². The Kier molecular flexibility index (Phi) is 3.84. The first kappa shape index (κ1) is 16.2. The van der Waals surface area contributed by atoms with E-state index < -0.39 is 30.0 Å². The van der Waals surface area contributed by atoms with Gasteiger partial charge in [0.05, 0.1) is 5.56 Å². The van der Waals surface area contributed by atoms with Crippen molar-refractivity contribution < 1.29 is 26.3 Å². The number of H-pyrrole nitrogens is 1. The third-order valence-corrected chi connectivity index (χ3v) is 2.97. The van der Waals surface area contributed by atoms with Gasteiger partial charge < -0.3 is 10.3 Å². The summed E-state index contributed by atoms with van der Waals surface area (Å²) in [6.07, 6.45) is -9.29. The fourth-order valence-electron chi connectivity index (χ4n) is 2.03. The zero-order chi connectivity index (χ0) is 16.7. The van der Waals surface area contributed by atoms with Crippen molar-refractivity contribution >= 4 is 16.6 Å². The summed E-state index contributed by atoms with van der Waals surface area (Å²) in [7, 11) is 0. The summed E-state index contributed by atoms with van der Waals surface area (Å²) in [4.78, 5) is 13.5. The molecule has 2 N–H and O–H groups in total. The van der Waals surface area contributed by atoms with Crippen LogP contribution in [0.3, 0.4) is 0 Å². The van der Waals surface area contributed by atoms with Gasteiger partial charge in [-0.1, -0.05) is 0 Å². The van der Waals surface area contributed by atoms with Gasteiger partial charge in [0.2, 0.25) is 5.56 Å². The Morgan fingerprint density at radius 1 is 1.09 bits per heavy atom.